The fraction of sp³-hybridized carbons (Fsp3) is 0.167. The van der Waals surface area contributed by atoms with Crippen molar-refractivity contribution in [2.75, 3.05) is 20.8 Å². The predicted octanol–water partition coefficient (Wildman–Crippen LogP) is 1.26. The zero-order valence-electron chi connectivity index (χ0n) is 15.1. The van der Waals surface area contributed by atoms with E-state index in [1.807, 2.05) is 4.83 Å². The van der Waals surface area contributed by atoms with Gasteiger partial charge in [-0.3, -0.25) is 14.5 Å². The van der Waals surface area contributed by atoms with E-state index >= 15 is 0 Å². The summed E-state index contributed by atoms with van der Waals surface area (Å²) in [5, 5.41) is 3.63. The van der Waals surface area contributed by atoms with Crippen molar-refractivity contribution in [1.29, 1.82) is 0 Å². The first kappa shape index (κ1) is 19.4. The molecule has 3 rings (SSSR count). The van der Waals surface area contributed by atoms with Crippen LogP contribution in [0.2, 0.25) is 0 Å². The number of nitrogens with zero attached hydrogens (tertiary/aromatic N) is 2. The van der Waals surface area contributed by atoms with Crippen LogP contribution in [0.25, 0.3) is 0 Å². The summed E-state index contributed by atoms with van der Waals surface area (Å²) in [7, 11) is -1.14. The average Bonchev–Trinajstić information content (AvgIpc) is 2.95. The molecule has 2 aromatic carbocycles. The van der Waals surface area contributed by atoms with Crippen molar-refractivity contribution in [1.82, 2.24) is 9.73 Å². The Bertz CT molecular complexity index is 1030. The van der Waals surface area contributed by atoms with E-state index in [1.54, 1.807) is 24.3 Å². The summed E-state index contributed by atoms with van der Waals surface area (Å²) in [5.74, 6) is -0.263. The van der Waals surface area contributed by atoms with Gasteiger partial charge in [0.1, 0.15) is 0 Å². The smallest absolute Gasteiger partial charge is 0.276 e. The van der Waals surface area contributed by atoms with Gasteiger partial charge in [-0.05, 0) is 24.3 Å². The Morgan fingerprint density at radius 3 is 2.18 bits per heavy atom. The van der Waals surface area contributed by atoms with Gasteiger partial charge in [-0.15, -0.1) is 0 Å². The van der Waals surface area contributed by atoms with Gasteiger partial charge in [0, 0.05) is 12.3 Å². The second kappa shape index (κ2) is 7.69. The standard InChI is InChI=1S/C18H17N3O6S/c1-26-15-8-7-12(11-16(15)27-2)28(24,25)20-19-9-10-21-17(22)13-5-3-4-6-14(13)18(21)23/h3-9,11,20H,10H2,1-2H3. The molecule has 0 atom stereocenters. The Hall–Kier alpha value is -3.40. The maximum Gasteiger partial charge on any atom is 0.276 e. The number of nitrogens with one attached hydrogen (secondary N) is 1. The number of methoxy groups -OCH3 is 2. The van der Waals surface area contributed by atoms with Gasteiger partial charge in [0.2, 0.25) is 0 Å². The second-order valence-electron chi connectivity index (χ2n) is 5.69. The maximum atomic E-state index is 12.3. The Kier molecular flexibility index (Phi) is 5.32. The van der Waals surface area contributed by atoms with E-state index in [-0.39, 0.29) is 17.2 Å². The molecule has 0 saturated carbocycles. The molecule has 0 fully saturated rings. The number of sulfonamides is 1. The molecule has 28 heavy (non-hydrogen) atoms. The summed E-state index contributed by atoms with van der Waals surface area (Å²) in [5.41, 5.74) is 0.624. The van der Waals surface area contributed by atoms with Gasteiger partial charge in [-0.25, -0.2) is 4.83 Å². The predicted molar refractivity (Wildman–Crippen MR) is 100 cm³/mol. The third kappa shape index (κ3) is 3.54. The first-order valence-electron chi connectivity index (χ1n) is 8.09. The van der Waals surface area contributed by atoms with E-state index in [2.05, 4.69) is 5.10 Å². The van der Waals surface area contributed by atoms with Crippen molar-refractivity contribution >= 4 is 28.1 Å². The van der Waals surface area contributed by atoms with Crippen molar-refractivity contribution < 1.29 is 27.5 Å². The van der Waals surface area contributed by atoms with Crippen molar-refractivity contribution in [3.05, 3.63) is 53.6 Å². The fourth-order valence-corrected chi connectivity index (χ4v) is 3.50. The number of hydrazone groups is 1. The van der Waals surface area contributed by atoms with E-state index in [9.17, 15) is 18.0 Å². The first-order chi connectivity index (χ1) is 13.4. The van der Waals surface area contributed by atoms with Gasteiger partial charge in [0.25, 0.3) is 21.8 Å². The Morgan fingerprint density at radius 2 is 1.61 bits per heavy atom. The molecule has 2 aromatic rings. The zero-order chi connectivity index (χ0) is 20.3. The minimum atomic E-state index is -3.97. The number of amides is 2. The van der Waals surface area contributed by atoms with Crippen LogP contribution in [0.5, 0.6) is 11.5 Å². The molecule has 0 aromatic heterocycles. The van der Waals surface area contributed by atoms with Gasteiger partial charge < -0.3 is 9.47 Å². The number of fused-ring (bicyclic) bond motifs is 1. The Balaban J connectivity index is 1.68. The highest BCUT2D eigenvalue weighted by molar-refractivity contribution is 7.89. The zero-order valence-corrected chi connectivity index (χ0v) is 15.9. The molecule has 0 bridgehead atoms. The molecule has 2 amide bonds. The summed E-state index contributed by atoms with van der Waals surface area (Å²) in [6.07, 6.45) is 1.14. The lowest BCUT2D eigenvalue weighted by molar-refractivity contribution is 0.0679. The van der Waals surface area contributed by atoms with E-state index in [0.29, 0.717) is 16.9 Å². The lowest BCUT2D eigenvalue weighted by atomic mass is 10.1. The molecular formula is C18H17N3O6S. The fourth-order valence-electron chi connectivity index (χ4n) is 2.67. The number of imide groups is 1. The van der Waals surface area contributed by atoms with E-state index in [4.69, 9.17) is 9.47 Å². The summed E-state index contributed by atoms with van der Waals surface area (Å²) in [6.45, 7) is -0.166. The molecule has 1 aliphatic rings. The lowest BCUT2D eigenvalue weighted by Crippen LogP contribution is -2.32. The van der Waals surface area contributed by atoms with Crippen LogP contribution in [-0.2, 0) is 10.0 Å². The highest BCUT2D eigenvalue weighted by atomic mass is 32.2. The minimum absolute atomic E-state index is 0.0805. The topological polar surface area (TPSA) is 114 Å². The molecule has 0 radical (unpaired) electrons. The number of hydrogen-bond donors (Lipinski definition) is 1. The van der Waals surface area contributed by atoms with Crippen LogP contribution in [0.15, 0.2) is 52.5 Å². The van der Waals surface area contributed by atoms with Crippen molar-refractivity contribution in [3.8, 4) is 11.5 Å². The highest BCUT2D eigenvalue weighted by Gasteiger charge is 2.34. The Labute approximate surface area is 161 Å². The lowest BCUT2D eigenvalue weighted by Gasteiger charge is -2.11. The number of ether oxygens (including phenoxy) is 2. The van der Waals surface area contributed by atoms with Crippen LogP contribution in [0, 0.1) is 0 Å². The van der Waals surface area contributed by atoms with Gasteiger partial charge in [0.05, 0.1) is 36.8 Å². The number of rotatable bonds is 7. The van der Waals surface area contributed by atoms with Gasteiger partial charge in [-0.2, -0.15) is 13.5 Å². The molecule has 10 heteroatoms. The summed E-state index contributed by atoms with van der Waals surface area (Å²) < 4.78 is 34.8. The molecule has 1 heterocycles. The second-order valence-corrected chi connectivity index (χ2v) is 7.35. The monoisotopic (exact) mass is 403 g/mol. The quantitative estimate of drug-likeness (QED) is 0.423. The normalized spacial score (nSPS) is 13.7. The Morgan fingerprint density at radius 1 is 1.00 bits per heavy atom. The van der Waals surface area contributed by atoms with Crippen molar-refractivity contribution in [2.45, 2.75) is 4.90 Å². The van der Waals surface area contributed by atoms with Crippen LogP contribution >= 0.6 is 0 Å². The number of carbonyl (C=O) groups excluding carboxylic acids is 2. The number of benzene rings is 2. The third-order valence-corrected chi connectivity index (χ3v) is 5.29. The average molecular weight is 403 g/mol. The molecule has 146 valence electrons. The molecule has 9 nitrogen and oxygen atoms in total. The molecule has 1 aliphatic heterocycles. The van der Waals surface area contributed by atoms with Crippen molar-refractivity contribution in [3.63, 3.8) is 0 Å². The molecule has 1 N–H and O–H groups in total. The van der Waals surface area contributed by atoms with Crippen LogP contribution in [0.1, 0.15) is 20.7 Å². The van der Waals surface area contributed by atoms with Crippen LogP contribution in [-0.4, -0.2) is 52.1 Å². The molecule has 0 saturated heterocycles. The molecular weight excluding hydrogens is 386 g/mol. The van der Waals surface area contributed by atoms with Gasteiger partial charge >= 0.3 is 0 Å². The summed E-state index contributed by atoms with van der Waals surface area (Å²) >= 11 is 0. The molecule has 0 unspecified atom stereocenters. The van der Waals surface area contributed by atoms with E-state index in [0.717, 1.165) is 11.1 Å². The number of carbonyl (C=O) groups is 2. The van der Waals surface area contributed by atoms with Crippen molar-refractivity contribution in [2.24, 2.45) is 5.10 Å². The SMILES string of the molecule is COc1ccc(S(=O)(=O)NN=CCN2C(=O)c3ccccc3C2=O)cc1OC. The minimum Gasteiger partial charge on any atom is -0.493 e. The summed E-state index contributed by atoms with van der Waals surface area (Å²) in [4.78, 5) is 27.4. The van der Waals surface area contributed by atoms with Crippen LogP contribution in [0.3, 0.4) is 0 Å². The maximum absolute atomic E-state index is 12.3. The largest absolute Gasteiger partial charge is 0.493 e. The van der Waals surface area contributed by atoms with Gasteiger partial charge in [0.15, 0.2) is 11.5 Å². The van der Waals surface area contributed by atoms with Gasteiger partial charge in [-0.1, -0.05) is 12.1 Å². The molecule has 0 spiro atoms. The van der Waals surface area contributed by atoms with E-state index in [1.165, 1.54) is 32.4 Å². The third-order valence-electron chi connectivity index (χ3n) is 4.07. The summed E-state index contributed by atoms with van der Waals surface area (Å²) in [6, 6.07) is 10.5. The first-order valence-corrected chi connectivity index (χ1v) is 9.58. The highest BCUT2D eigenvalue weighted by Crippen LogP contribution is 2.29. The van der Waals surface area contributed by atoms with Crippen LogP contribution in [0.4, 0.5) is 0 Å². The van der Waals surface area contributed by atoms with E-state index < -0.39 is 21.8 Å². The molecule has 0 aliphatic carbocycles. The number of hydrogen-bond acceptors (Lipinski definition) is 7. The van der Waals surface area contributed by atoms with Crippen LogP contribution < -0.4 is 14.3 Å².